The van der Waals surface area contributed by atoms with Crippen LogP contribution in [0.2, 0.25) is 0 Å². The molecule has 0 heterocycles. The van der Waals surface area contributed by atoms with Gasteiger partial charge in [-0.1, -0.05) is 0 Å². The van der Waals surface area contributed by atoms with Crippen molar-refractivity contribution in [3.05, 3.63) is 26.6 Å². The zero-order valence-electron chi connectivity index (χ0n) is 7.93. The SMILES string of the molecule is CC(C#N)Oc1c(Br)cc(CCl)cc1Br. The summed E-state index contributed by atoms with van der Waals surface area (Å²) in [5.41, 5.74) is 0.979. The first kappa shape index (κ1) is 12.8. The maximum absolute atomic E-state index is 8.65. The lowest BCUT2D eigenvalue weighted by atomic mass is 10.2. The van der Waals surface area contributed by atoms with Gasteiger partial charge in [-0.15, -0.1) is 11.6 Å². The molecule has 0 fully saturated rings. The van der Waals surface area contributed by atoms with Gasteiger partial charge >= 0.3 is 0 Å². The van der Waals surface area contributed by atoms with Crippen molar-refractivity contribution >= 4 is 43.5 Å². The van der Waals surface area contributed by atoms with Crippen molar-refractivity contribution in [2.24, 2.45) is 0 Å². The normalized spacial score (nSPS) is 11.9. The van der Waals surface area contributed by atoms with Crippen LogP contribution in [0.15, 0.2) is 21.1 Å². The number of ether oxygens (including phenoxy) is 1. The van der Waals surface area contributed by atoms with E-state index in [-0.39, 0.29) is 0 Å². The van der Waals surface area contributed by atoms with Gasteiger partial charge in [0, 0.05) is 5.88 Å². The van der Waals surface area contributed by atoms with E-state index in [2.05, 4.69) is 31.9 Å². The lowest BCUT2D eigenvalue weighted by Crippen LogP contribution is -2.09. The quantitative estimate of drug-likeness (QED) is 0.762. The first-order valence-corrected chi connectivity index (χ1v) is 6.30. The molecular weight excluding hydrogens is 345 g/mol. The third-order valence-electron chi connectivity index (χ3n) is 1.69. The molecule has 0 aliphatic heterocycles. The second-order valence-corrected chi connectivity index (χ2v) is 4.89. The third-order valence-corrected chi connectivity index (χ3v) is 3.18. The van der Waals surface area contributed by atoms with E-state index < -0.39 is 6.10 Å². The maximum atomic E-state index is 8.65. The number of nitrogens with zero attached hydrogens (tertiary/aromatic N) is 1. The summed E-state index contributed by atoms with van der Waals surface area (Å²) in [7, 11) is 0. The first-order valence-electron chi connectivity index (χ1n) is 4.18. The van der Waals surface area contributed by atoms with Crippen LogP contribution in [0.1, 0.15) is 12.5 Å². The second kappa shape index (κ2) is 5.74. The highest BCUT2D eigenvalue weighted by Gasteiger charge is 2.11. The monoisotopic (exact) mass is 351 g/mol. The Morgan fingerprint density at radius 2 is 2.00 bits per heavy atom. The summed E-state index contributed by atoms with van der Waals surface area (Å²) < 4.78 is 7.00. The predicted octanol–water partition coefficient (Wildman–Crippen LogP) is 4.24. The fraction of sp³-hybridized carbons (Fsp3) is 0.300. The molecule has 0 bridgehead atoms. The molecule has 0 aromatic heterocycles. The standard InChI is InChI=1S/C10H8Br2ClNO/c1-6(5-14)15-10-8(11)2-7(4-13)3-9(10)12/h2-3,6H,4H2,1H3. The predicted molar refractivity (Wildman–Crippen MR) is 67.1 cm³/mol. The molecular formula is C10H8Br2ClNO. The van der Waals surface area contributed by atoms with Crippen LogP contribution in [0.4, 0.5) is 0 Å². The largest absolute Gasteiger partial charge is 0.474 e. The Hall–Kier alpha value is -0.240. The Labute approximate surface area is 110 Å². The molecule has 1 atom stereocenters. The van der Waals surface area contributed by atoms with Crippen molar-refractivity contribution in [3.8, 4) is 11.8 Å². The maximum Gasteiger partial charge on any atom is 0.181 e. The molecule has 0 spiro atoms. The molecule has 1 rings (SSSR count). The van der Waals surface area contributed by atoms with Gasteiger partial charge in [-0.2, -0.15) is 5.26 Å². The van der Waals surface area contributed by atoms with Crippen molar-refractivity contribution in [1.29, 1.82) is 5.26 Å². The van der Waals surface area contributed by atoms with E-state index >= 15 is 0 Å². The van der Waals surface area contributed by atoms with Gasteiger partial charge < -0.3 is 4.74 Å². The van der Waals surface area contributed by atoms with E-state index in [1.807, 2.05) is 18.2 Å². The number of nitriles is 1. The van der Waals surface area contributed by atoms with Crippen molar-refractivity contribution in [2.75, 3.05) is 0 Å². The molecule has 0 aliphatic rings. The van der Waals surface area contributed by atoms with Gasteiger partial charge in [0.05, 0.1) is 8.95 Å². The summed E-state index contributed by atoms with van der Waals surface area (Å²) >= 11 is 12.5. The molecule has 15 heavy (non-hydrogen) atoms. The molecule has 0 saturated heterocycles. The molecule has 1 aromatic rings. The van der Waals surface area contributed by atoms with Crippen LogP contribution in [-0.2, 0) is 5.88 Å². The van der Waals surface area contributed by atoms with Gasteiger partial charge in [0.2, 0.25) is 0 Å². The van der Waals surface area contributed by atoms with Crippen LogP contribution in [0.3, 0.4) is 0 Å². The van der Waals surface area contributed by atoms with Crippen LogP contribution in [0.5, 0.6) is 5.75 Å². The molecule has 5 heteroatoms. The van der Waals surface area contributed by atoms with Crippen LogP contribution in [-0.4, -0.2) is 6.10 Å². The highest BCUT2D eigenvalue weighted by atomic mass is 79.9. The molecule has 0 N–H and O–H groups in total. The zero-order valence-corrected chi connectivity index (χ0v) is 11.9. The number of hydrogen-bond acceptors (Lipinski definition) is 2. The van der Waals surface area contributed by atoms with Gasteiger partial charge in [0.15, 0.2) is 6.10 Å². The van der Waals surface area contributed by atoms with Crippen LogP contribution in [0, 0.1) is 11.3 Å². The average Bonchev–Trinajstić information content (AvgIpc) is 2.22. The number of halogens is 3. The third kappa shape index (κ3) is 3.37. The van der Waals surface area contributed by atoms with Crippen molar-refractivity contribution < 1.29 is 4.74 Å². The summed E-state index contributed by atoms with van der Waals surface area (Å²) in [5.74, 6) is 1.06. The Morgan fingerprint density at radius 3 is 2.40 bits per heavy atom. The molecule has 0 amide bonds. The number of alkyl halides is 1. The Morgan fingerprint density at radius 1 is 1.47 bits per heavy atom. The van der Waals surface area contributed by atoms with E-state index in [1.54, 1.807) is 6.92 Å². The molecule has 0 saturated carbocycles. The minimum absolute atomic E-state index is 0.436. The van der Waals surface area contributed by atoms with Crippen molar-refractivity contribution in [2.45, 2.75) is 18.9 Å². The average molecular weight is 353 g/mol. The highest BCUT2D eigenvalue weighted by Crippen LogP contribution is 2.35. The molecule has 1 aromatic carbocycles. The fourth-order valence-corrected chi connectivity index (χ4v) is 2.63. The van der Waals surface area contributed by atoms with Crippen LogP contribution >= 0.6 is 43.5 Å². The minimum atomic E-state index is -0.487. The zero-order chi connectivity index (χ0) is 11.4. The van der Waals surface area contributed by atoms with E-state index in [4.69, 9.17) is 21.6 Å². The Bertz CT molecular complexity index is 380. The minimum Gasteiger partial charge on any atom is -0.474 e. The van der Waals surface area contributed by atoms with E-state index in [1.165, 1.54) is 0 Å². The molecule has 0 aliphatic carbocycles. The highest BCUT2D eigenvalue weighted by molar-refractivity contribution is 9.11. The lowest BCUT2D eigenvalue weighted by molar-refractivity contribution is 0.273. The summed E-state index contributed by atoms with van der Waals surface area (Å²) in [6.07, 6.45) is -0.487. The van der Waals surface area contributed by atoms with E-state index in [9.17, 15) is 0 Å². The molecule has 80 valence electrons. The molecule has 1 unspecified atom stereocenters. The molecule has 2 nitrogen and oxygen atoms in total. The van der Waals surface area contributed by atoms with Crippen LogP contribution < -0.4 is 4.74 Å². The summed E-state index contributed by atoms with van der Waals surface area (Å²) in [4.78, 5) is 0. The van der Waals surface area contributed by atoms with Gasteiger partial charge in [0.1, 0.15) is 11.8 Å². The summed E-state index contributed by atoms with van der Waals surface area (Å²) in [5, 5.41) is 8.65. The number of rotatable bonds is 3. The molecule has 0 radical (unpaired) electrons. The van der Waals surface area contributed by atoms with Gasteiger partial charge in [-0.05, 0) is 56.5 Å². The lowest BCUT2D eigenvalue weighted by Gasteiger charge is -2.12. The van der Waals surface area contributed by atoms with E-state index in [0.29, 0.717) is 11.6 Å². The van der Waals surface area contributed by atoms with Crippen LogP contribution in [0.25, 0.3) is 0 Å². The van der Waals surface area contributed by atoms with Gasteiger partial charge in [0.25, 0.3) is 0 Å². The van der Waals surface area contributed by atoms with Gasteiger partial charge in [-0.3, -0.25) is 0 Å². The summed E-state index contributed by atoms with van der Waals surface area (Å²) in [6, 6.07) is 5.75. The second-order valence-electron chi connectivity index (χ2n) is 2.91. The number of benzene rings is 1. The first-order chi connectivity index (χ1) is 7.08. The van der Waals surface area contributed by atoms with Crippen molar-refractivity contribution in [1.82, 2.24) is 0 Å². The summed E-state index contributed by atoms with van der Waals surface area (Å²) in [6.45, 7) is 1.69. The van der Waals surface area contributed by atoms with E-state index in [0.717, 1.165) is 14.5 Å². The Balaban J connectivity index is 3.04. The van der Waals surface area contributed by atoms with Gasteiger partial charge in [-0.25, -0.2) is 0 Å². The number of hydrogen-bond donors (Lipinski definition) is 0. The van der Waals surface area contributed by atoms with Crippen molar-refractivity contribution in [3.63, 3.8) is 0 Å². The smallest absolute Gasteiger partial charge is 0.181 e. The topological polar surface area (TPSA) is 33.0 Å². The Kier molecular flexibility index (Phi) is 4.91. The fourth-order valence-electron chi connectivity index (χ4n) is 1.01.